The van der Waals surface area contributed by atoms with Gasteiger partial charge in [0.15, 0.2) is 5.78 Å². The van der Waals surface area contributed by atoms with Gasteiger partial charge >= 0.3 is 0 Å². The van der Waals surface area contributed by atoms with Gasteiger partial charge in [0.2, 0.25) is 0 Å². The number of amides is 1. The van der Waals surface area contributed by atoms with E-state index in [0.717, 1.165) is 22.7 Å². The van der Waals surface area contributed by atoms with Crippen molar-refractivity contribution < 1.29 is 14.3 Å². The molecule has 3 aromatic rings. The first-order valence-electron chi connectivity index (χ1n) is 9.31. The summed E-state index contributed by atoms with van der Waals surface area (Å²) in [5.41, 5.74) is 3.65. The van der Waals surface area contributed by atoms with Crippen LogP contribution in [0.4, 0.5) is 11.4 Å². The smallest absolute Gasteiger partial charge is 0.269 e. The standard InChI is InChI=1S/C23H23N3O3/c1-16(27)17-7-9-19(10-8-17)26-20-11-12-21(25-15-20)23(28)24-14-13-18-5-3-4-6-22(18)29-2/h3-12,15,26H,13-14H2,1-2H3,(H,24,28). The molecule has 0 saturated carbocycles. The van der Waals surface area contributed by atoms with Gasteiger partial charge in [-0.15, -0.1) is 0 Å². The van der Waals surface area contributed by atoms with Crippen LogP contribution in [0.25, 0.3) is 0 Å². The molecule has 0 aliphatic rings. The monoisotopic (exact) mass is 389 g/mol. The van der Waals surface area contributed by atoms with Gasteiger partial charge in [-0.1, -0.05) is 18.2 Å². The minimum Gasteiger partial charge on any atom is -0.496 e. The predicted molar refractivity (Wildman–Crippen MR) is 113 cm³/mol. The lowest BCUT2D eigenvalue weighted by Crippen LogP contribution is -2.26. The minimum absolute atomic E-state index is 0.0271. The Morgan fingerprint density at radius 3 is 2.34 bits per heavy atom. The number of carbonyl (C=O) groups excluding carboxylic acids is 2. The van der Waals surface area contributed by atoms with E-state index in [4.69, 9.17) is 4.74 Å². The molecule has 0 saturated heterocycles. The molecule has 6 nitrogen and oxygen atoms in total. The molecule has 2 aromatic carbocycles. The summed E-state index contributed by atoms with van der Waals surface area (Å²) in [5, 5.41) is 6.07. The molecule has 0 spiro atoms. The Kier molecular flexibility index (Phi) is 6.58. The summed E-state index contributed by atoms with van der Waals surface area (Å²) in [7, 11) is 1.63. The van der Waals surface area contributed by atoms with Crippen LogP contribution in [0, 0.1) is 0 Å². The number of ketones is 1. The van der Waals surface area contributed by atoms with Crippen LogP contribution in [-0.4, -0.2) is 30.3 Å². The van der Waals surface area contributed by atoms with Crippen molar-refractivity contribution in [2.45, 2.75) is 13.3 Å². The average Bonchev–Trinajstić information content (AvgIpc) is 2.75. The lowest BCUT2D eigenvalue weighted by molar-refractivity contribution is 0.0948. The number of nitrogens with zero attached hydrogens (tertiary/aromatic N) is 1. The van der Waals surface area contributed by atoms with E-state index in [1.165, 1.54) is 6.92 Å². The molecule has 3 rings (SSSR count). The number of methoxy groups -OCH3 is 1. The maximum absolute atomic E-state index is 12.3. The SMILES string of the molecule is COc1ccccc1CCNC(=O)c1ccc(Nc2ccc(C(C)=O)cc2)cn1. The Morgan fingerprint density at radius 2 is 1.69 bits per heavy atom. The fourth-order valence-electron chi connectivity index (χ4n) is 2.87. The molecule has 6 heteroatoms. The van der Waals surface area contributed by atoms with E-state index in [9.17, 15) is 9.59 Å². The third kappa shape index (κ3) is 5.42. The zero-order valence-electron chi connectivity index (χ0n) is 16.4. The van der Waals surface area contributed by atoms with Crippen LogP contribution in [0.1, 0.15) is 33.3 Å². The third-order valence-electron chi connectivity index (χ3n) is 4.45. The van der Waals surface area contributed by atoms with Crippen LogP contribution in [0.15, 0.2) is 66.9 Å². The Morgan fingerprint density at radius 1 is 0.966 bits per heavy atom. The molecular weight excluding hydrogens is 366 g/mol. The predicted octanol–water partition coefficient (Wildman–Crippen LogP) is 4.01. The van der Waals surface area contributed by atoms with E-state index >= 15 is 0 Å². The van der Waals surface area contributed by atoms with E-state index in [0.29, 0.717) is 24.2 Å². The number of hydrogen-bond acceptors (Lipinski definition) is 5. The number of anilines is 2. The summed E-state index contributed by atoms with van der Waals surface area (Å²) < 4.78 is 5.32. The van der Waals surface area contributed by atoms with Crippen LogP contribution in [-0.2, 0) is 6.42 Å². The number of aromatic nitrogens is 1. The highest BCUT2D eigenvalue weighted by Crippen LogP contribution is 2.18. The van der Waals surface area contributed by atoms with E-state index in [1.54, 1.807) is 37.6 Å². The van der Waals surface area contributed by atoms with Crippen molar-refractivity contribution in [1.82, 2.24) is 10.3 Å². The van der Waals surface area contributed by atoms with Gasteiger partial charge in [0.25, 0.3) is 5.91 Å². The number of benzene rings is 2. The van der Waals surface area contributed by atoms with E-state index < -0.39 is 0 Å². The second-order valence-corrected chi connectivity index (χ2v) is 6.51. The molecule has 148 valence electrons. The molecule has 1 aromatic heterocycles. The molecule has 0 bridgehead atoms. The topological polar surface area (TPSA) is 80.3 Å². The van der Waals surface area contributed by atoms with Crippen molar-refractivity contribution >= 4 is 23.1 Å². The fraction of sp³-hybridized carbons (Fsp3) is 0.174. The van der Waals surface area contributed by atoms with Gasteiger partial charge < -0.3 is 15.4 Å². The number of ether oxygens (including phenoxy) is 1. The Hall–Kier alpha value is -3.67. The van der Waals surface area contributed by atoms with Crippen LogP contribution < -0.4 is 15.4 Å². The molecule has 0 fully saturated rings. The summed E-state index contributed by atoms with van der Waals surface area (Å²) in [5.74, 6) is 0.614. The zero-order valence-corrected chi connectivity index (χ0v) is 16.4. The van der Waals surface area contributed by atoms with Gasteiger partial charge in [0.1, 0.15) is 11.4 Å². The highest BCUT2D eigenvalue weighted by molar-refractivity contribution is 5.94. The van der Waals surface area contributed by atoms with E-state index in [-0.39, 0.29) is 11.7 Å². The maximum atomic E-state index is 12.3. The number of carbonyl (C=O) groups is 2. The van der Waals surface area contributed by atoms with Gasteiger partial charge in [-0.25, -0.2) is 4.98 Å². The molecule has 0 unspecified atom stereocenters. The zero-order chi connectivity index (χ0) is 20.6. The minimum atomic E-state index is -0.225. The molecular formula is C23H23N3O3. The first kappa shape index (κ1) is 20.1. The highest BCUT2D eigenvalue weighted by atomic mass is 16.5. The normalized spacial score (nSPS) is 10.3. The first-order chi connectivity index (χ1) is 14.1. The number of pyridine rings is 1. The van der Waals surface area contributed by atoms with Crippen LogP contribution in [0.2, 0.25) is 0 Å². The number of hydrogen-bond donors (Lipinski definition) is 2. The lowest BCUT2D eigenvalue weighted by atomic mass is 10.1. The van der Waals surface area contributed by atoms with Gasteiger partial charge in [0.05, 0.1) is 19.0 Å². The van der Waals surface area contributed by atoms with Crippen molar-refractivity contribution in [1.29, 1.82) is 0 Å². The highest BCUT2D eigenvalue weighted by Gasteiger charge is 2.08. The molecule has 0 radical (unpaired) electrons. The van der Waals surface area contributed by atoms with Crippen molar-refractivity contribution in [3.63, 3.8) is 0 Å². The molecule has 1 amide bonds. The van der Waals surface area contributed by atoms with Gasteiger partial charge in [-0.2, -0.15) is 0 Å². The average molecular weight is 389 g/mol. The number of Topliss-reactive ketones (excluding diaryl/α,β-unsaturated/α-hetero) is 1. The summed E-state index contributed by atoms with van der Waals surface area (Å²) in [6.45, 7) is 2.02. The molecule has 0 aliphatic heterocycles. The fourth-order valence-corrected chi connectivity index (χ4v) is 2.87. The quantitative estimate of drug-likeness (QED) is 0.569. The Bertz CT molecular complexity index is 983. The molecule has 29 heavy (non-hydrogen) atoms. The summed E-state index contributed by atoms with van der Waals surface area (Å²) in [4.78, 5) is 27.9. The Labute approximate surface area is 169 Å². The van der Waals surface area contributed by atoms with Crippen LogP contribution in [0.3, 0.4) is 0 Å². The molecule has 0 aliphatic carbocycles. The van der Waals surface area contributed by atoms with Crippen molar-refractivity contribution in [3.05, 3.63) is 83.7 Å². The molecule has 1 heterocycles. The van der Waals surface area contributed by atoms with E-state index in [2.05, 4.69) is 15.6 Å². The second kappa shape index (κ2) is 9.50. The molecule has 0 atom stereocenters. The Balaban J connectivity index is 1.53. The molecule has 2 N–H and O–H groups in total. The third-order valence-corrected chi connectivity index (χ3v) is 4.45. The van der Waals surface area contributed by atoms with Crippen molar-refractivity contribution in [3.8, 4) is 5.75 Å². The van der Waals surface area contributed by atoms with Gasteiger partial charge in [-0.3, -0.25) is 9.59 Å². The number of rotatable bonds is 8. The lowest BCUT2D eigenvalue weighted by Gasteiger charge is -2.10. The maximum Gasteiger partial charge on any atom is 0.269 e. The van der Waals surface area contributed by atoms with E-state index in [1.807, 2.05) is 36.4 Å². The second-order valence-electron chi connectivity index (χ2n) is 6.51. The van der Waals surface area contributed by atoms with Crippen molar-refractivity contribution in [2.75, 3.05) is 19.0 Å². The van der Waals surface area contributed by atoms with Gasteiger partial charge in [-0.05, 0) is 61.4 Å². The van der Waals surface area contributed by atoms with Gasteiger partial charge in [0, 0.05) is 17.8 Å². The summed E-state index contributed by atoms with van der Waals surface area (Å²) in [6, 6.07) is 18.4. The number of nitrogens with one attached hydrogen (secondary N) is 2. The van der Waals surface area contributed by atoms with Crippen LogP contribution >= 0.6 is 0 Å². The largest absolute Gasteiger partial charge is 0.496 e. The first-order valence-corrected chi connectivity index (χ1v) is 9.31. The van der Waals surface area contributed by atoms with Crippen LogP contribution in [0.5, 0.6) is 5.75 Å². The van der Waals surface area contributed by atoms with Crippen molar-refractivity contribution in [2.24, 2.45) is 0 Å². The summed E-state index contributed by atoms with van der Waals surface area (Å²) >= 11 is 0. The summed E-state index contributed by atoms with van der Waals surface area (Å²) in [6.07, 6.45) is 2.28. The number of para-hydroxylation sites is 1.